The van der Waals surface area contributed by atoms with Gasteiger partial charge >= 0.3 is 0 Å². The summed E-state index contributed by atoms with van der Waals surface area (Å²) in [7, 11) is 4.13. The van der Waals surface area contributed by atoms with E-state index in [2.05, 4.69) is 78.9 Å². The number of nitrogens with zero attached hydrogens (tertiary/aromatic N) is 2. The first-order valence-corrected chi connectivity index (χ1v) is 8.16. The van der Waals surface area contributed by atoms with Gasteiger partial charge in [-0.2, -0.15) is 5.10 Å². The van der Waals surface area contributed by atoms with Crippen LogP contribution in [0.4, 0.5) is 5.69 Å². The van der Waals surface area contributed by atoms with Crippen LogP contribution in [0.2, 0.25) is 0 Å². The van der Waals surface area contributed by atoms with Crippen molar-refractivity contribution < 1.29 is 0 Å². The second-order valence-electron chi connectivity index (χ2n) is 6.18. The van der Waals surface area contributed by atoms with Gasteiger partial charge in [0.1, 0.15) is 0 Å². The van der Waals surface area contributed by atoms with Gasteiger partial charge in [0.2, 0.25) is 0 Å². The van der Waals surface area contributed by atoms with Crippen LogP contribution in [0.5, 0.6) is 0 Å². The number of hydrogen-bond acceptors (Lipinski definition) is 3. The average Bonchev–Trinajstić information content (AvgIpc) is 3.07. The van der Waals surface area contributed by atoms with Gasteiger partial charge in [-0.15, -0.1) is 0 Å². The molecule has 1 unspecified atom stereocenters. The first kappa shape index (κ1) is 16.1. The smallest absolute Gasteiger partial charge is 0.0590 e. The predicted molar refractivity (Wildman–Crippen MR) is 102 cm³/mol. The molecule has 0 aromatic heterocycles. The Hall–Kier alpha value is -2.81. The highest BCUT2D eigenvalue weighted by Crippen LogP contribution is 2.29. The molecule has 3 nitrogen and oxygen atoms in total. The van der Waals surface area contributed by atoms with Gasteiger partial charge in [-0.3, -0.25) is 5.43 Å². The zero-order chi connectivity index (χ0) is 16.9. The van der Waals surface area contributed by atoms with Gasteiger partial charge < -0.3 is 4.90 Å². The lowest BCUT2D eigenvalue weighted by Gasteiger charge is -2.13. The molecule has 2 aromatic carbocycles. The number of rotatable bonds is 5. The number of allylic oxidation sites excluding steroid dienone is 3. The molecule has 1 aliphatic carbocycles. The van der Waals surface area contributed by atoms with Crippen LogP contribution in [-0.2, 0) is 0 Å². The number of hydrogen-bond donors (Lipinski definition) is 1. The summed E-state index contributed by atoms with van der Waals surface area (Å²) in [5.74, 6) is 0.295. The molecule has 0 saturated heterocycles. The maximum Gasteiger partial charge on any atom is 0.0590 e. The van der Waals surface area contributed by atoms with Crippen molar-refractivity contribution in [3.8, 4) is 0 Å². The molecular weight excluding hydrogens is 294 g/mol. The highest BCUT2D eigenvalue weighted by atomic mass is 15.3. The molecule has 1 N–H and O–H groups in total. The van der Waals surface area contributed by atoms with Crippen LogP contribution < -0.4 is 5.43 Å². The zero-order valence-corrected chi connectivity index (χ0v) is 14.4. The molecule has 0 saturated carbocycles. The molecule has 1 atom stereocenters. The molecule has 0 amide bonds. The fraction of sp³-hybridized carbons (Fsp3) is 0.190. The molecule has 24 heavy (non-hydrogen) atoms. The molecule has 122 valence electrons. The average molecular weight is 317 g/mol. The van der Waals surface area contributed by atoms with Crippen LogP contribution in [0, 0.1) is 6.92 Å². The number of benzene rings is 2. The maximum absolute atomic E-state index is 4.43. The lowest BCUT2D eigenvalue weighted by Crippen LogP contribution is -2.07. The molecule has 2 aromatic rings. The molecule has 0 heterocycles. The van der Waals surface area contributed by atoms with E-state index in [1.807, 2.05) is 30.5 Å². The monoisotopic (exact) mass is 317 g/mol. The minimum Gasteiger partial charge on any atom is -0.378 e. The summed E-state index contributed by atoms with van der Waals surface area (Å²) in [5.41, 5.74) is 8.98. The van der Waals surface area contributed by atoms with E-state index in [1.165, 1.54) is 16.8 Å². The fourth-order valence-electron chi connectivity index (χ4n) is 2.79. The second-order valence-corrected chi connectivity index (χ2v) is 6.18. The van der Waals surface area contributed by atoms with Gasteiger partial charge in [-0.25, -0.2) is 0 Å². The summed E-state index contributed by atoms with van der Waals surface area (Å²) in [6.45, 7) is 2.07. The topological polar surface area (TPSA) is 27.6 Å². The Morgan fingerprint density at radius 2 is 1.79 bits per heavy atom. The standard InChI is InChI=1S/C21H23N3/c1-16-8-4-7-11-21(16)23-22-15-18-9-5-6-10-20(18)17-12-13-19(14-17)24(2)3/h4-15,17,23H,1-3H3. The zero-order valence-electron chi connectivity index (χ0n) is 14.4. The minimum atomic E-state index is 0.295. The van der Waals surface area contributed by atoms with Crippen molar-refractivity contribution in [2.24, 2.45) is 5.10 Å². The predicted octanol–water partition coefficient (Wildman–Crippen LogP) is 4.54. The van der Waals surface area contributed by atoms with Crippen LogP contribution in [0.25, 0.3) is 0 Å². The van der Waals surface area contributed by atoms with Crippen LogP contribution in [0.15, 0.2) is 77.6 Å². The van der Waals surface area contributed by atoms with E-state index in [0.29, 0.717) is 5.92 Å². The van der Waals surface area contributed by atoms with Crippen LogP contribution in [0.3, 0.4) is 0 Å². The van der Waals surface area contributed by atoms with Gasteiger partial charge in [0.25, 0.3) is 0 Å². The van der Waals surface area contributed by atoms with E-state index >= 15 is 0 Å². The normalized spacial score (nSPS) is 16.5. The Morgan fingerprint density at radius 1 is 1.04 bits per heavy atom. The Balaban J connectivity index is 1.79. The fourth-order valence-corrected chi connectivity index (χ4v) is 2.79. The van der Waals surface area contributed by atoms with Crippen LogP contribution in [-0.4, -0.2) is 25.2 Å². The number of para-hydroxylation sites is 1. The number of nitrogens with one attached hydrogen (secondary N) is 1. The number of aryl methyl sites for hydroxylation is 1. The number of likely N-dealkylation sites (N-methyl/N-ethyl adjacent to an activating group) is 1. The highest BCUT2D eigenvalue weighted by molar-refractivity contribution is 5.83. The van der Waals surface area contributed by atoms with E-state index in [4.69, 9.17) is 0 Å². The largest absolute Gasteiger partial charge is 0.378 e. The van der Waals surface area contributed by atoms with E-state index in [1.54, 1.807) is 0 Å². The molecular formula is C21H23N3. The van der Waals surface area contributed by atoms with Gasteiger partial charge in [-0.1, -0.05) is 48.5 Å². The van der Waals surface area contributed by atoms with E-state index in [0.717, 1.165) is 11.3 Å². The van der Waals surface area contributed by atoms with Crippen molar-refractivity contribution in [2.45, 2.75) is 12.8 Å². The van der Waals surface area contributed by atoms with Gasteiger partial charge in [0.05, 0.1) is 11.9 Å². The molecule has 0 aliphatic heterocycles. The quantitative estimate of drug-likeness (QED) is 0.647. The van der Waals surface area contributed by atoms with Crippen molar-refractivity contribution in [1.82, 2.24) is 4.90 Å². The molecule has 3 rings (SSSR count). The maximum atomic E-state index is 4.43. The van der Waals surface area contributed by atoms with Crippen LogP contribution in [0.1, 0.15) is 22.6 Å². The van der Waals surface area contributed by atoms with Crippen molar-refractivity contribution in [1.29, 1.82) is 0 Å². The molecule has 0 bridgehead atoms. The van der Waals surface area contributed by atoms with E-state index in [-0.39, 0.29) is 0 Å². The summed E-state index contributed by atoms with van der Waals surface area (Å²) < 4.78 is 0. The molecule has 0 spiro atoms. The van der Waals surface area contributed by atoms with Crippen molar-refractivity contribution in [3.05, 3.63) is 89.1 Å². The first-order valence-electron chi connectivity index (χ1n) is 8.16. The van der Waals surface area contributed by atoms with Gasteiger partial charge in [0.15, 0.2) is 0 Å². The summed E-state index contributed by atoms with van der Waals surface area (Å²) in [4.78, 5) is 2.13. The lowest BCUT2D eigenvalue weighted by molar-refractivity contribution is 0.530. The van der Waals surface area contributed by atoms with Crippen molar-refractivity contribution in [3.63, 3.8) is 0 Å². The highest BCUT2D eigenvalue weighted by Gasteiger charge is 2.15. The summed E-state index contributed by atoms with van der Waals surface area (Å²) >= 11 is 0. The van der Waals surface area contributed by atoms with Gasteiger partial charge in [-0.05, 0) is 41.8 Å². The summed E-state index contributed by atoms with van der Waals surface area (Å²) in [6.07, 6.45) is 8.58. The molecule has 0 radical (unpaired) electrons. The van der Waals surface area contributed by atoms with E-state index in [9.17, 15) is 0 Å². The van der Waals surface area contributed by atoms with E-state index < -0.39 is 0 Å². The number of hydrazone groups is 1. The second kappa shape index (κ2) is 7.18. The first-order chi connectivity index (χ1) is 11.6. The van der Waals surface area contributed by atoms with Crippen LogP contribution >= 0.6 is 0 Å². The summed E-state index contributed by atoms with van der Waals surface area (Å²) in [6, 6.07) is 16.5. The van der Waals surface area contributed by atoms with Crippen molar-refractivity contribution in [2.75, 3.05) is 19.5 Å². The minimum absolute atomic E-state index is 0.295. The van der Waals surface area contributed by atoms with Crippen molar-refractivity contribution >= 4 is 11.9 Å². The van der Waals surface area contributed by atoms with Gasteiger partial charge in [0, 0.05) is 25.7 Å². The Labute approximate surface area is 144 Å². The Morgan fingerprint density at radius 3 is 2.54 bits per heavy atom. The Bertz CT molecular complexity index is 800. The Kier molecular flexibility index (Phi) is 4.80. The molecule has 0 fully saturated rings. The third-order valence-corrected chi connectivity index (χ3v) is 4.23. The molecule has 3 heteroatoms. The number of anilines is 1. The molecule has 1 aliphatic rings. The SMILES string of the molecule is Cc1ccccc1NN=Cc1ccccc1C1C=CC(N(C)C)=C1. The lowest BCUT2D eigenvalue weighted by atomic mass is 9.96. The third kappa shape index (κ3) is 3.57. The third-order valence-electron chi connectivity index (χ3n) is 4.23. The summed E-state index contributed by atoms with van der Waals surface area (Å²) in [5, 5.41) is 4.43.